The van der Waals surface area contributed by atoms with E-state index in [1.54, 1.807) is 18.5 Å². The van der Waals surface area contributed by atoms with Crippen LogP contribution in [0.15, 0.2) is 18.5 Å². The zero-order valence-electron chi connectivity index (χ0n) is 9.85. The minimum Gasteiger partial charge on any atom is -0.478 e. The van der Waals surface area contributed by atoms with Crippen LogP contribution in [0, 0.1) is 5.92 Å². The molecule has 4 heteroatoms. The molecule has 1 heterocycles. The third kappa shape index (κ3) is 4.49. The first-order chi connectivity index (χ1) is 7.59. The van der Waals surface area contributed by atoms with E-state index in [1.165, 1.54) is 0 Å². The van der Waals surface area contributed by atoms with Crippen LogP contribution in [0.5, 0.6) is 0 Å². The molecule has 0 unspecified atom stereocenters. The normalized spacial score (nSPS) is 10.9. The highest BCUT2D eigenvalue weighted by molar-refractivity contribution is 5.87. The first-order valence-electron chi connectivity index (χ1n) is 5.56. The van der Waals surface area contributed by atoms with Crippen LogP contribution in [0.25, 0.3) is 0 Å². The van der Waals surface area contributed by atoms with Crippen molar-refractivity contribution >= 4 is 5.97 Å². The van der Waals surface area contributed by atoms with E-state index >= 15 is 0 Å². The molecule has 0 radical (unpaired) electrons. The van der Waals surface area contributed by atoms with E-state index in [2.05, 4.69) is 13.8 Å². The maximum Gasteiger partial charge on any atom is 0.337 e. The number of hydrogen-bond acceptors (Lipinski definition) is 2. The third-order valence-electron chi connectivity index (χ3n) is 2.33. The highest BCUT2D eigenvalue weighted by atomic mass is 16.5. The lowest BCUT2D eigenvalue weighted by Crippen LogP contribution is -2.06. The van der Waals surface area contributed by atoms with Gasteiger partial charge in [0.15, 0.2) is 0 Å². The molecule has 0 saturated carbocycles. The Labute approximate surface area is 95.8 Å². The second-order valence-corrected chi connectivity index (χ2v) is 4.24. The fraction of sp³-hybridized carbons (Fsp3) is 0.583. The summed E-state index contributed by atoms with van der Waals surface area (Å²) in [4.78, 5) is 10.6. The molecule has 0 spiro atoms. The van der Waals surface area contributed by atoms with Gasteiger partial charge in [-0.05, 0) is 18.4 Å². The molecule has 0 aliphatic carbocycles. The second-order valence-electron chi connectivity index (χ2n) is 4.24. The lowest BCUT2D eigenvalue weighted by atomic mass is 10.1. The van der Waals surface area contributed by atoms with E-state index < -0.39 is 5.97 Å². The Kier molecular flexibility index (Phi) is 5.05. The van der Waals surface area contributed by atoms with E-state index in [4.69, 9.17) is 9.84 Å². The number of ether oxygens (including phenoxy) is 1. The van der Waals surface area contributed by atoms with Gasteiger partial charge in [0.25, 0.3) is 0 Å². The van der Waals surface area contributed by atoms with Crippen molar-refractivity contribution in [2.24, 2.45) is 5.92 Å². The average Bonchev–Trinajstić information content (AvgIpc) is 2.65. The number of rotatable bonds is 7. The van der Waals surface area contributed by atoms with Crippen molar-refractivity contribution in [1.82, 2.24) is 4.57 Å². The molecule has 0 aromatic carbocycles. The van der Waals surface area contributed by atoms with E-state index in [-0.39, 0.29) is 0 Å². The maximum absolute atomic E-state index is 10.6. The van der Waals surface area contributed by atoms with Crippen LogP contribution in [0.2, 0.25) is 0 Å². The Morgan fingerprint density at radius 3 is 2.81 bits per heavy atom. The number of aromatic carboxylic acids is 1. The van der Waals surface area contributed by atoms with Gasteiger partial charge in [0.1, 0.15) is 0 Å². The molecule has 4 nitrogen and oxygen atoms in total. The van der Waals surface area contributed by atoms with E-state index in [0.717, 1.165) is 13.0 Å². The number of hydrogen-bond donors (Lipinski definition) is 1. The fourth-order valence-corrected chi connectivity index (χ4v) is 1.30. The van der Waals surface area contributed by atoms with Gasteiger partial charge in [0, 0.05) is 25.5 Å². The van der Waals surface area contributed by atoms with E-state index in [0.29, 0.717) is 24.6 Å². The van der Waals surface area contributed by atoms with Gasteiger partial charge in [0.2, 0.25) is 0 Å². The highest BCUT2D eigenvalue weighted by Gasteiger charge is 2.03. The van der Waals surface area contributed by atoms with Gasteiger partial charge >= 0.3 is 5.97 Å². The first-order valence-corrected chi connectivity index (χ1v) is 5.56. The summed E-state index contributed by atoms with van der Waals surface area (Å²) in [5.74, 6) is -0.232. The van der Waals surface area contributed by atoms with Gasteiger partial charge in [-0.3, -0.25) is 0 Å². The lowest BCUT2D eigenvalue weighted by molar-refractivity contribution is 0.0696. The van der Waals surface area contributed by atoms with Gasteiger partial charge in [0.05, 0.1) is 12.2 Å². The zero-order valence-corrected chi connectivity index (χ0v) is 9.85. The van der Waals surface area contributed by atoms with Gasteiger partial charge in [-0.2, -0.15) is 0 Å². The molecule has 16 heavy (non-hydrogen) atoms. The predicted octanol–water partition coefficient (Wildman–Crippen LogP) is 2.25. The number of carboxylic acids is 1. The molecule has 1 rings (SSSR count). The van der Waals surface area contributed by atoms with Gasteiger partial charge < -0.3 is 14.4 Å². The molecule has 0 aliphatic heterocycles. The fourth-order valence-electron chi connectivity index (χ4n) is 1.30. The molecular weight excluding hydrogens is 206 g/mol. The van der Waals surface area contributed by atoms with Crippen molar-refractivity contribution in [3.8, 4) is 0 Å². The lowest BCUT2D eigenvalue weighted by Gasteiger charge is -2.06. The SMILES string of the molecule is CC(C)CCOCCn1ccc(C(=O)O)c1. The summed E-state index contributed by atoms with van der Waals surface area (Å²) in [7, 11) is 0. The Morgan fingerprint density at radius 2 is 2.25 bits per heavy atom. The Morgan fingerprint density at radius 1 is 1.50 bits per heavy atom. The third-order valence-corrected chi connectivity index (χ3v) is 2.33. The minimum absolute atomic E-state index is 0.321. The van der Waals surface area contributed by atoms with Crippen LogP contribution < -0.4 is 0 Å². The molecule has 0 saturated heterocycles. The smallest absolute Gasteiger partial charge is 0.337 e. The summed E-state index contributed by atoms with van der Waals surface area (Å²) in [5.41, 5.74) is 0.321. The maximum atomic E-state index is 10.6. The van der Waals surface area contributed by atoms with Crippen molar-refractivity contribution in [3.05, 3.63) is 24.0 Å². The van der Waals surface area contributed by atoms with Crippen molar-refractivity contribution < 1.29 is 14.6 Å². The summed E-state index contributed by atoms with van der Waals surface area (Å²) in [5, 5.41) is 8.72. The molecule has 1 N–H and O–H groups in total. The second kappa shape index (κ2) is 6.33. The Hall–Kier alpha value is -1.29. The zero-order chi connectivity index (χ0) is 12.0. The van der Waals surface area contributed by atoms with Crippen molar-refractivity contribution in [3.63, 3.8) is 0 Å². The first kappa shape index (κ1) is 12.8. The van der Waals surface area contributed by atoms with Crippen LogP contribution in [0.1, 0.15) is 30.6 Å². The number of carbonyl (C=O) groups is 1. The molecule has 1 aromatic heterocycles. The van der Waals surface area contributed by atoms with Crippen molar-refractivity contribution in [1.29, 1.82) is 0 Å². The molecule has 1 aromatic rings. The van der Waals surface area contributed by atoms with Crippen LogP contribution in [0.4, 0.5) is 0 Å². The highest BCUT2D eigenvalue weighted by Crippen LogP contribution is 2.02. The van der Waals surface area contributed by atoms with Crippen molar-refractivity contribution in [2.45, 2.75) is 26.8 Å². The average molecular weight is 225 g/mol. The number of aromatic nitrogens is 1. The molecule has 90 valence electrons. The summed E-state index contributed by atoms with van der Waals surface area (Å²) in [6.07, 6.45) is 4.44. The Bertz CT molecular complexity index is 331. The predicted molar refractivity (Wildman–Crippen MR) is 61.7 cm³/mol. The van der Waals surface area contributed by atoms with Crippen LogP contribution in [-0.4, -0.2) is 28.9 Å². The molecule has 0 aliphatic rings. The standard InChI is InChI=1S/C12H19NO3/c1-10(2)4-7-16-8-6-13-5-3-11(9-13)12(14)15/h3,5,9-10H,4,6-8H2,1-2H3,(H,14,15). The quantitative estimate of drug-likeness (QED) is 0.724. The van der Waals surface area contributed by atoms with E-state index in [1.807, 2.05) is 4.57 Å². The number of nitrogens with zero attached hydrogens (tertiary/aromatic N) is 1. The monoisotopic (exact) mass is 225 g/mol. The van der Waals surface area contributed by atoms with Crippen LogP contribution in [0.3, 0.4) is 0 Å². The largest absolute Gasteiger partial charge is 0.478 e. The van der Waals surface area contributed by atoms with Gasteiger partial charge in [-0.1, -0.05) is 13.8 Å². The molecule has 0 amide bonds. The van der Waals surface area contributed by atoms with Gasteiger partial charge in [-0.25, -0.2) is 4.79 Å². The Balaban J connectivity index is 2.19. The molecule has 0 atom stereocenters. The minimum atomic E-state index is -0.889. The summed E-state index contributed by atoms with van der Waals surface area (Å²) < 4.78 is 7.28. The topological polar surface area (TPSA) is 51.5 Å². The van der Waals surface area contributed by atoms with Crippen LogP contribution >= 0.6 is 0 Å². The summed E-state index contributed by atoms with van der Waals surface area (Å²) in [6.45, 7) is 6.42. The van der Waals surface area contributed by atoms with E-state index in [9.17, 15) is 4.79 Å². The summed E-state index contributed by atoms with van der Waals surface area (Å²) >= 11 is 0. The molecule has 0 fully saturated rings. The van der Waals surface area contributed by atoms with Crippen LogP contribution in [-0.2, 0) is 11.3 Å². The summed E-state index contributed by atoms with van der Waals surface area (Å²) in [6, 6.07) is 1.59. The number of carboxylic acid groups (broad SMARTS) is 1. The van der Waals surface area contributed by atoms with Crippen molar-refractivity contribution in [2.75, 3.05) is 13.2 Å². The van der Waals surface area contributed by atoms with Gasteiger partial charge in [-0.15, -0.1) is 0 Å². The molecule has 0 bridgehead atoms. The molecular formula is C12H19NO3.